The molecule has 29 heavy (non-hydrogen) atoms. The van der Waals surface area contributed by atoms with Crippen LogP contribution in [0.5, 0.6) is 0 Å². The van der Waals surface area contributed by atoms with Crippen LogP contribution in [0.15, 0.2) is 4.99 Å². The number of thioether (sulfide) groups is 1. The quantitative estimate of drug-likeness (QED) is 0.244. The zero-order valence-corrected chi connectivity index (χ0v) is 22.2. The SMILES string of the molecule is CN=C(NCCS(=O)(=O)N1CCSCC1)NCC(C)(C)NC(=O)OC(C)(C)C.I. The van der Waals surface area contributed by atoms with Gasteiger partial charge in [0.1, 0.15) is 5.60 Å². The van der Waals surface area contributed by atoms with Gasteiger partial charge < -0.3 is 20.7 Å². The number of guanidine groups is 1. The first-order valence-corrected chi connectivity index (χ1v) is 12.1. The van der Waals surface area contributed by atoms with Gasteiger partial charge in [-0.25, -0.2) is 17.5 Å². The summed E-state index contributed by atoms with van der Waals surface area (Å²) in [5.74, 6) is 2.17. The van der Waals surface area contributed by atoms with Crippen LogP contribution < -0.4 is 16.0 Å². The van der Waals surface area contributed by atoms with Crippen molar-refractivity contribution in [2.75, 3.05) is 50.5 Å². The van der Waals surface area contributed by atoms with Gasteiger partial charge in [0, 0.05) is 44.7 Å². The van der Waals surface area contributed by atoms with Crippen LogP contribution in [0.4, 0.5) is 4.79 Å². The smallest absolute Gasteiger partial charge is 0.408 e. The van der Waals surface area contributed by atoms with Gasteiger partial charge in [0.2, 0.25) is 10.0 Å². The molecule has 172 valence electrons. The average Bonchev–Trinajstić information content (AvgIpc) is 2.56. The molecule has 9 nitrogen and oxygen atoms in total. The number of hydrogen-bond donors (Lipinski definition) is 3. The Bertz CT molecular complexity index is 645. The van der Waals surface area contributed by atoms with Crippen LogP contribution in [-0.4, -0.2) is 86.4 Å². The van der Waals surface area contributed by atoms with Gasteiger partial charge in [0.25, 0.3) is 0 Å². The molecular formula is C17H36IN5O4S2. The van der Waals surface area contributed by atoms with E-state index in [0.717, 1.165) is 11.5 Å². The molecule has 0 aliphatic carbocycles. The third kappa shape index (κ3) is 12.1. The van der Waals surface area contributed by atoms with Gasteiger partial charge in [-0.2, -0.15) is 11.8 Å². The van der Waals surface area contributed by atoms with E-state index < -0.39 is 27.3 Å². The predicted molar refractivity (Wildman–Crippen MR) is 131 cm³/mol. The highest BCUT2D eigenvalue weighted by Crippen LogP contribution is 2.13. The molecule has 1 heterocycles. The van der Waals surface area contributed by atoms with Gasteiger partial charge in [-0.15, -0.1) is 24.0 Å². The average molecular weight is 566 g/mol. The van der Waals surface area contributed by atoms with Gasteiger partial charge >= 0.3 is 6.09 Å². The van der Waals surface area contributed by atoms with Gasteiger partial charge in [-0.1, -0.05) is 0 Å². The molecular weight excluding hydrogens is 529 g/mol. The number of nitrogens with one attached hydrogen (secondary N) is 3. The van der Waals surface area contributed by atoms with E-state index in [-0.39, 0.29) is 36.3 Å². The molecule has 3 N–H and O–H groups in total. The number of hydrogen-bond acceptors (Lipinski definition) is 6. The number of nitrogens with zero attached hydrogens (tertiary/aromatic N) is 2. The number of amides is 1. The summed E-state index contributed by atoms with van der Waals surface area (Å²) in [7, 11) is -1.65. The molecule has 0 aromatic rings. The minimum atomic E-state index is -3.26. The Morgan fingerprint density at radius 2 is 1.72 bits per heavy atom. The number of sulfonamides is 1. The number of ether oxygens (including phenoxy) is 1. The van der Waals surface area contributed by atoms with Crippen molar-refractivity contribution in [2.45, 2.75) is 45.8 Å². The van der Waals surface area contributed by atoms with Crippen LogP contribution in [0.25, 0.3) is 0 Å². The van der Waals surface area contributed by atoms with E-state index >= 15 is 0 Å². The third-order valence-corrected chi connectivity index (χ3v) is 6.59. The van der Waals surface area contributed by atoms with E-state index in [2.05, 4.69) is 20.9 Å². The lowest BCUT2D eigenvalue weighted by molar-refractivity contribution is 0.0474. The van der Waals surface area contributed by atoms with Gasteiger partial charge in [0.05, 0.1) is 11.3 Å². The Morgan fingerprint density at radius 1 is 1.14 bits per heavy atom. The molecule has 1 fully saturated rings. The highest BCUT2D eigenvalue weighted by Gasteiger charge is 2.26. The lowest BCUT2D eigenvalue weighted by Gasteiger charge is -2.29. The summed E-state index contributed by atoms with van der Waals surface area (Å²) in [5, 5.41) is 8.92. The maximum Gasteiger partial charge on any atom is 0.408 e. The van der Waals surface area contributed by atoms with Crippen LogP contribution in [-0.2, 0) is 14.8 Å². The number of carbonyl (C=O) groups excluding carboxylic acids is 1. The van der Waals surface area contributed by atoms with Gasteiger partial charge in [-0.3, -0.25) is 4.99 Å². The fourth-order valence-corrected chi connectivity index (χ4v) is 4.89. The molecule has 0 saturated carbocycles. The maximum absolute atomic E-state index is 12.4. The summed E-state index contributed by atoms with van der Waals surface area (Å²) in [6.45, 7) is 10.9. The van der Waals surface area contributed by atoms with Crippen molar-refractivity contribution in [3.63, 3.8) is 0 Å². The molecule has 0 atom stereocenters. The van der Waals surface area contributed by atoms with E-state index in [9.17, 15) is 13.2 Å². The number of carbonyl (C=O) groups is 1. The van der Waals surface area contributed by atoms with Crippen molar-refractivity contribution < 1.29 is 17.9 Å². The number of aliphatic imine (C=N–C) groups is 1. The molecule has 1 aliphatic heterocycles. The molecule has 0 aromatic heterocycles. The monoisotopic (exact) mass is 565 g/mol. The summed E-state index contributed by atoms with van der Waals surface area (Å²) >= 11 is 1.77. The van der Waals surface area contributed by atoms with Gasteiger partial charge in [0.15, 0.2) is 5.96 Å². The molecule has 0 spiro atoms. The van der Waals surface area contributed by atoms with Crippen LogP contribution in [0.3, 0.4) is 0 Å². The highest BCUT2D eigenvalue weighted by atomic mass is 127. The van der Waals surface area contributed by atoms with Crippen LogP contribution in [0.2, 0.25) is 0 Å². The molecule has 1 amide bonds. The van der Waals surface area contributed by atoms with E-state index in [4.69, 9.17) is 4.74 Å². The lowest BCUT2D eigenvalue weighted by atomic mass is 10.1. The lowest BCUT2D eigenvalue weighted by Crippen LogP contribution is -2.54. The largest absolute Gasteiger partial charge is 0.444 e. The van der Waals surface area contributed by atoms with Crippen molar-refractivity contribution in [1.29, 1.82) is 0 Å². The molecule has 12 heteroatoms. The van der Waals surface area contributed by atoms with Crippen molar-refractivity contribution in [1.82, 2.24) is 20.3 Å². The molecule has 0 aromatic carbocycles. The second-order valence-corrected chi connectivity index (χ2v) is 11.5. The first-order chi connectivity index (χ1) is 12.8. The number of halogens is 1. The van der Waals surface area contributed by atoms with E-state index in [0.29, 0.717) is 25.6 Å². The zero-order chi connectivity index (χ0) is 21.4. The number of rotatable bonds is 7. The molecule has 0 unspecified atom stereocenters. The molecule has 1 saturated heterocycles. The molecule has 1 rings (SSSR count). The standard InChI is InChI=1S/C17H35N5O4S2.HI/c1-16(2,3)26-15(23)21-17(4,5)13-20-14(18-6)19-7-12-28(24,25)22-8-10-27-11-9-22;/h7-13H2,1-6H3,(H,21,23)(H2,18,19,20);1H. The molecule has 0 radical (unpaired) electrons. The predicted octanol–water partition coefficient (Wildman–Crippen LogP) is 1.45. The second-order valence-electron chi connectivity index (χ2n) is 8.19. The van der Waals surface area contributed by atoms with Crippen molar-refractivity contribution >= 4 is 57.8 Å². The van der Waals surface area contributed by atoms with Gasteiger partial charge in [-0.05, 0) is 34.6 Å². The second kappa shape index (κ2) is 12.4. The minimum Gasteiger partial charge on any atom is -0.444 e. The normalized spacial score (nSPS) is 16.6. The maximum atomic E-state index is 12.4. The molecule has 1 aliphatic rings. The van der Waals surface area contributed by atoms with Crippen molar-refractivity contribution in [2.24, 2.45) is 4.99 Å². The number of alkyl carbamates (subject to hydrolysis) is 1. The summed E-state index contributed by atoms with van der Waals surface area (Å²) in [4.78, 5) is 16.0. The van der Waals surface area contributed by atoms with E-state index in [1.54, 1.807) is 43.9 Å². The Labute approximate surface area is 196 Å². The van der Waals surface area contributed by atoms with E-state index in [1.165, 1.54) is 0 Å². The highest BCUT2D eigenvalue weighted by molar-refractivity contribution is 14.0. The van der Waals surface area contributed by atoms with Crippen molar-refractivity contribution in [3.05, 3.63) is 0 Å². The first-order valence-electron chi connectivity index (χ1n) is 9.36. The topological polar surface area (TPSA) is 112 Å². The Kier molecular flexibility index (Phi) is 12.2. The van der Waals surface area contributed by atoms with Crippen LogP contribution in [0, 0.1) is 0 Å². The minimum absolute atomic E-state index is 0. The summed E-state index contributed by atoms with van der Waals surface area (Å²) in [5.41, 5.74) is -1.15. The van der Waals surface area contributed by atoms with Crippen LogP contribution in [0.1, 0.15) is 34.6 Å². The van der Waals surface area contributed by atoms with Crippen LogP contribution >= 0.6 is 35.7 Å². The fraction of sp³-hybridized carbons (Fsp3) is 0.882. The molecule has 0 bridgehead atoms. The summed E-state index contributed by atoms with van der Waals surface area (Å²) < 4.78 is 31.5. The van der Waals surface area contributed by atoms with Crippen molar-refractivity contribution in [3.8, 4) is 0 Å². The first kappa shape index (κ1) is 28.5. The van der Waals surface area contributed by atoms with E-state index in [1.807, 2.05) is 13.8 Å². The summed E-state index contributed by atoms with van der Waals surface area (Å²) in [6, 6.07) is 0. The Hall–Kier alpha value is -0.470. The zero-order valence-electron chi connectivity index (χ0n) is 18.2. The fourth-order valence-electron chi connectivity index (χ4n) is 2.40. The third-order valence-electron chi connectivity index (χ3n) is 3.78. The summed E-state index contributed by atoms with van der Waals surface area (Å²) in [6.07, 6.45) is -0.493. The Balaban J connectivity index is 0.00000784. The Morgan fingerprint density at radius 3 is 2.24 bits per heavy atom.